The van der Waals surface area contributed by atoms with Crippen LogP contribution in [0.1, 0.15) is 38.2 Å². The number of nitrogens with zero attached hydrogens (tertiary/aromatic N) is 1. The van der Waals surface area contributed by atoms with Crippen LogP contribution < -0.4 is 14.8 Å². The lowest BCUT2D eigenvalue weighted by atomic mass is 10.2. The Bertz CT molecular complexity index is 643. The van der Waals surface area contributed by atoms with E-state index in [1.807, 2.05) is 30.0 Å². The standard InChI is InChI=1S/C20H28N2O4/c1-3-26-17-10-8-16(15-18(17)25-2)9-11-19(23)21-12-14-22-13-6-4-5-7-20(22)24/h8-11,15H,3-7,12-14H2,1-2H3,(H,21,23)/b11-9+. The van der Waals surface area contributed by atoms with Crippen molar-refractivity contribution in [1.29, 1.82) is 0 Å². The van der Waals surface area contributed by atoms with Crippen LogP contribution in [0, 0.1) is 0 Å². The van der Waals surface area contributed by atoms with Gasteiger partial charge in [0, 0.05) is 32.1 Å². The molecule has 6 heteroatoms. The molecule has 1 heterocycles. The van der Waals surface area contributed by atoms with Gasteiger partial charge in [0.2, 0.25) is 11.8 Å². The van der Waals surface area contributed by atoms with Gasteiger partial charge in [0.05, 0.1) is 13.7 Å². The van der Waals surface area contributed by atoms with E-state index in [0.29, 0.717) is 37.6 Å². The van der Waals surface area contributed by atoms with Crippen LogP contribution >= 0.6 is 0 Å². The van der Waals surface area contributed by atoms with Gasteiger partial charge >= 0.3 is 0 Å². The van der Waals surface area contributed by atoms with Gasteiger partial charge in [0.25, 0.3) is 0 Å². The van der Waals surface area contributed by atoms with Crippen LogP contribution in [0.5, 0.6) is 11.5 Å². The number of ether oxygens (including phenoxy) is 2. The zero-order valence-electron chi connectivity index (χ0n) is 15.6. The molecule has 1 N–H and O–H groups in total. The quantitative estimate of drug-likeness (QED) is 0.724. The van der Waals surface area contributed by atoms with Crippen molar-refractivity contribution < 1.29 is 19.1 Å². The molecule has 0 unspecified atom stereocenters. The first-order valence-corrected chi connectivity index (χ1v) is 9.18. The highest BCUT2D eigenvalue weighted by Crippen LogP contribution is 2.28. The summed E-state index contributed by atoms with van der Waals surface area (Å²) in [5.74, 6) is 1.32. The third-order valence-corrected chi connectivity index (χ3v) is 4.27. The minimum atomic E-state index is -0.180. The molecule has 0 atom stereocenters. The third-order valence-electron chi connectivity index (χ3n) is 4.27. The average Bonchev–Trinajstić information content (AvgIpc) is 2.85. The fraction of sp³-hybridized carbons (Fsp3) is 0.500. The van der Waals surface area contributed by atoms with Crippen molar-refractivity contribution in [2.45, 2.75) is 32.6 Å². The molecule has 6 nitrogen and oxygen atoms in total. The van der Waals surface area contributed by atoms with Gasteiger partial charge in [-0.15, -0.1) is 0 Å². The summed E-state index contributed by atoms with van der Waals surface area (Å²) in [5.41, 5.74) is 0.850. The number of benzene rings is 1. The molecule has 1 aromatic rings. The predicted octanol–water partition coefficient (Wildman–Crippen LogP) is 2.63. The summed E-state index contributed by atoms with van der Waals surface area (Å²) in [6.45, 7) is 4.29. The maximum Gasteiger partial charge on any atom is 0.244 e. The summed E-state index contributed by atoms with van der Waals surface area (Å²) < 4.78 is 10.8. The first-order chi connectivity index (χ1) is 12.6. The normalized spacial score (nSPS) is 15.0. The lowest BCUT2D eigenvalue weighted by Crippen LogP contribution is -2.37. The van der Waals surface area contributed by atoms with Crippen molar-refractivity contribution in [2.24, 2.45) is 0 Å². The number of hydrogen-bond donors (Lipinski definition) is 1. The smallest absolute Gasteiger partial charge is 0.244 e. The van der Waals surface area contributed by atoms with Crippen molar-refractivity contribution in [2.75, 3.05) is 33.4 Å². The van der Waals surface area contributed by atoms with Crippen molar-refractivity contribution >= 4 is 17.9 Å². The van der Waals surface area contributed by atoms with Gasteiger partial charge < -0.3 is 19.7 Å². The van der Waals surface area contributed by atoms with E-state index in [9.17, 15) is 9.59 Å². The third kappa shape index (κ3) is 6.10. The highest BCUT2D eigenvalue weighted by atomic mass is 16.5. The molecule has 1 aliphatic heterocycles. The number of hydrogen-bond acceptors (Lipinski definition) is 4. The minimum Gasteiger partial charge on any atom is -0.493 e. The van der Waals surface area contributed by atoms with Gasteiger partial charge in [-0.2, -0.15) is 0 Å². The van der Waals surface area contributed by atoms with Crippen molar-refractivity contribution in [3.63, 3.8) is 0 Å². The second-order valence-corrected chi connectivity index (χ2v) is 6.16. The van der Waals surface area contributed by atoms with E-state index in [2.05, 4.69) is 5.32 Å². The number of amides is 2. The zero-order valence-corrected chi connectivity index (χ0v) is 15.6. The van der Waals surface area contributed by atoms with Crippen LogP contribution in [-0.2, 0) is 9.59 Å². The topological polar surface area (TPSA) is 67.9 Å². The number of rotatable bonds is 8. The first-order valence-electron chi connectivity index (χ1n) is 9.18. The first kappa shape index (κ1) is 19.8. The maximum absolute atomic E-state index is 12.0. The van der Waals surface area contributed by atoms with Crippen molar-refractivity contribution in [1.82, 2.24) is 10.2 Å². The highest BCUT2D eigenvalue weighted by molar-refractivity contribution is 5.91. The summed E-state index contributed by atoms with van der Waals surface area (Å²) in [4.78, 5) is 25.7. The van der Waals surface area contributed by atoms with Gasteiger partial charge in [0.1, 0.15) is 0 Å². The van der Waals surface area contributed by atoms with E-state index < -0.39 is 0 Å². The number of methoxy groups -OCH3 is 1. The SMILES string of the molecule is CCOc1ccc(/C=C/C(=O)NCCN2CCCCCC2=O)cc1OC. The average molecular weight is 360 g/mol. The Morgan fingerprint density at radius 3 is 2.88 bits per heavy atom. The Morgan fingerprint density at radius 2 is 2.12 bits per heavy atom. The second kappa shape index (κ2) is 10.5. The van der Waals surface area contributed by atoms with E-state index in [0.717, 1.165) is 31.4 Å². The van der Waals surface area contributed by atoms with Crippen molar-refractivity contribution in [3.8, 4) is 11.5 Å². The van der Waals surface area contributed by atoms with E-state index in [4.69, 9.17) is 9.47 Å². The summed E-state index contributed by atoms with van der Waals surface area (Å²) >= 11 is 0. The van der Waals surface area contributed by atoms with Crippen LogP contribution in [0.4, 0.5) is 0 Å². The Morgan fingerprint density at radius 1 is 1.27 bits per heavy atom. The van der Waals surface area contributed by atoms with Crippen molar-refractivity contribution in [3.05, 3.63) is 29.8 Å². The largest absolute Gasteiger partial charge is 0.493 e. The fourth-order valence-electron chi connectivity index (χ4n) is 2.88. The number of carbonyl (C=O) groups excluding carboxylic acids is 2. The minimum absolute atomic E-state index is 0.180. The van der Waals surface area contributed by atoms with E-state index in [1.165, 1.54) is 6.08 Å². The predicted molar refractivity (Wildman–Crippen MR) is 101 cm³/mol. The number of nitrogens with one attached hydrogen (secondary N) is 1. The van der Waals surface area contributed by atoms with Gasteiger partial charge in [-0.05, 0) is 43.5 Å². The highest BCUT2D eigenvalue weighted by Gasteiger charge is 2.15. The zero-order chi connectivity index (χ0) is 18.8. The summed E-state index contributed by atoms with van der Waals surface area (Å²) in [6.07, 6.45) is 6.94. The summed E-state index contributed by atoms with van der Waals surface area (Å²) in [6, 6.07) is 5.52. The number of carbonyl (C=O) groups is 2. The summed E-state index contributed by atoms with van der Waals surface area (Å²) in [7, 11) is 1.59. The molecule has 2 amide bonds. The molecule has 0 aromatic heterocycles. The Kier molecular flexibility index (Phi) is 7.99. The molecule has 1 saturated heterocycles. The lowest BCUT2D eigenvalue weighted by molar-refractivity contribution is -0.131. The molecule has 0 spiro atoms. The molecular weight excluding hydrogens is 332 g/mol. The number of likely N-dealkylation sites (tertiary alicyclic amines) is 1. The molecule has 142 valence electrons. The Balaban J connectivity index is 1.82. The lowest BCUT2D eigenvalue weighted by Gasteiger charge is -2.20. The van der Waals surface area contributed by atoms with Gasteiger partial charge in [-0.25, -0.2) is 0 Å². The Labute approximate surface area is 155 Å². The molecule has 0 aliphatic carbocycles. The molecule has 1 aliphatic rings. The molecule has 0 saturated carbocycles. The van der Waals surface area contributed by atoms with Crippen LogP contribution in [0.2, 0.25) is 0 Å². The van der Waals surface area contributed by atoms with Gasteiger partial charge in [-0.1, -0.05) is 12.5 Å². The monoisotopic (exact) mass is 360 g/mol. The van der Waals surface area contributed by atoms with Gasteiger partial charge in [-0.3, -0.25) is 9.59 Å². The Hall–Kier alpha value is -2.50. The molecular formula is C20H28N2O4. The maximum atomic E-state index is 12.0. The second-order valence-electron chi connectivity index (χ2n) is 6.16. The van der Waals surface area contributed by atoms with Crippen LogP contribution in [0.15, 0.2) is 24.3 Å². The fourth-order valence-corrected chi connectivity index (χ4v) is 2.88. The molecule has 1 fully saturated rings. The molecule has 2 rings (SSSR count). The van der Waals surface area contributed by atoms with E-state index in [-0.39, 0.29) is 11.8 Å². The van der Waals surface area contributed by atoms with E-state index in [1.54, 1.807) is 13.2 Å². The van der Waals surface area contributed by atoms with Crippen LogP contribution in [0.25, 0.3) is 6.08 Å². The van der Waals surface area contributed by atoms with Gasteiger partial charge in [0.15, 0.2) is 11.5 Å². The molecule has 0 radical (unpaired) electrons. The molecule has 26 heavy (non-hydrogen) atoms. The molecule has 0 bridgehead atoms. The van der Waals surface area contributed by atoms with Crippen LogP contribution in [-0.4, -0.2) is 50.1 Å². The summed E-state index contributed by atoms with van der Waals surface area (Å²) in [5, 5.41) is 2.83. The van der Waals surface area contributed by atoms with E-state index >= 15 is 0 Å². The molecule has 1 aromatic carbocycles. The van der Waals surface area contributed by atoms with Crippen LogP contribution in [0.3, 0.4) is 0 Å².